The monoisotopic (exact) mass is 210 g/mol. The lowest BCUT2D eigenvalue weighted by atomic mass is 9.61. The van der Waals surface area contributed by atoms with Gasteiger partial charge in [-0.1, -0.05) is 20.3 Å². The minimum Gasteiger partial charge on any atom is -0.481 e. The summed E-state index contributed by atoms with van der Waals surface area (Å²) < 4.78 is 0. The minimum atomic E-state index is -0.549. The van der Waals surface area contributed by atoms with Gasteiger partial charge in [-0.3, -0.25) is 4.79 Å². The lowest BCUT2D eigenvalue weighted by Crippen LogP contribution is -2.37. The number of aliphatic carboxylic acids is 1. The van der Waals surface area contributed by atoms with E-state index in [1.54, 1.807) is 0 Å². The summed E-state index contributed by atoms with van der Waals surface area (Å²) in [6, 6.07) is 0. The summed E-state index contributed by atoms with van der Waals surface area (Å²) >= 11 is 0. The maximum atomic E-state index is 11.2. The fraction of sp³-hybridized carbons (Fsp3) is 0.923. The van der Waals surface area contributed by atoms with Gasteiger partial charge in [-0.25, -0.2) is 0 Å². The van der Waals surface area contributed by atoms with Gasteiger partial charge in [-0.05, 0) is 49.4 Å². The van der Waals surface area contributed by atoms with Gasteiger partial charge in [0.25, 0.3) is 0 Å². The molecule has 0 saturated heterocycles. The van der Waals surface area contributed by atoms with Gasteiger partial charge in [-0.15, -0.1) is 0 Å². The van der Waals surface area contributed by atoms with E-state index in [1.165, 1.54) is 12.8 Å². The lowest BCUT2D eigenvalue weighted by molar-refractivity contribution is -0.147. The Labute approximate surface area is 92.1 Å². The molecule has 1 spiro atoms. The Hall–Kier alpha value is -0.530. The highest BCUT2D eigenvalue weighted by atomic mass is 16.4. The number of carboxylic acid groups (broad SMARTS) is 1. The minimum absolute atomic E-state index is 0.0476. The van der Waals surface area contributed by atoms with Crippen molar-refractivity contribution in [3.8, 4) is 0 Å². The fourth-order valence-corrected chi connectivity index (χ4v) is 3.55. The van der Waals surface area contributed by atoms with Crippen molar-refractivity contribution in [2.75, 3.05) is 0 Å². The highest BCUT2D eigenvalue weighted by molar-refractivity contribution is 5.71. The van der Waals surface area contributed by atoms with E-state index in [-0.39, 0.29) is 11.3 Å². The molecule has 2 saturated carbocycles. The zero-order valence-corrected chi connectivity index (χ0v) is 9.88. The zero-order chi connectivity index (χ0) is 11.1. The molecule has 2 aliphatic rings. The second kappa shape index (κ2) is 3.50. The normalized spacial score (nSPS) is 33.1. The van der Waals surface area contributed by atoms with E-state index in [0.717, 1.165) is 32.1 Å². The first-order chi connectivity index (χ1) is 6.95. The van der Waals surface area contributed by atoms with Crippen molar-refractivity contribution < 1.29 is 9.90 Å². The largest absolute Gasteiger partial charge is 0.481 e. The van der Waals surface area contributed by atoms with Crippen LogP contribution < -0.4 is 0 Å². The third-order valence-electron chi connectivity index (χ3n) is 4.80. The van der Waals surface area contributed by atoms with Gasteiger partial charge < -0.3 is 5.11 Å². The predicted molar refractivity (Wildman–Crippen MR) is 59.7 cm³/mol. The zero-order valence-electron chi connectivity index (χ0n) is 9.88. The Morgan fingerprint density at radius 3 is 2.27 bits per heavy atom. The van der Waals surface area contributed by atoms with Crippen LogP contribution >= 0.6 is 0 Å². The first-order valence-electron chi connectivity index (χ1n) is 6.18. The van der Waals surface area contributed by atoms with E-state index in [4.69, 9.17) is 0 Å². The number of carbonyl (C=O) groups is 1. The second-order valence-electron chi connectivity index (χ2n) is 6.31. The number of rotatable bonds is 1. The van der Waals surface area contributed by atoms with Crippen LogP contribution in [0.2, 0.25) is 0 Å². The summed E-state index contributed by atoms with van der Waals surface area (Å²) in [5.74, 6) is -0.596. The number of hydrogen-bond acceptors (Lipinski definition) is 1. The van der Waals surface area contributed by atoms with Crippen LogP contribution in [0.4, 0.5) is 0 Å². The fourth-order valence-electron chi connectivity index (χ4n) is 3.55. The first kappa shape index (κ1) is 11.0. The van der Waals surface area contributed by atoms with Crippen LogP contribution in [0.5, 0.6) is 0 Å². The summed E-state index contributed by atoms with van der Waals surface area (Å²) in [7, 11) is 0. The maximum absolute atomic E-state index is 11.2. The average Bonchev–Trinajstić information content (AvgIpc) is 2.55. The van der Waals surface area contributed by atoms with Crippen LogP contribution in [0.3, 0.4) is 0 Å². The molecule has 15 heavy (non-hydrogen) atoms. The second-order valence-corrected chi connectivity index (χ2v) is 6.31. The summed E-state index contributed by atoms with van der Waals surface area (Å²) in [4.78, 5) is 11.2. The van der Waals surface area contributed by atoms with E-state index >= 15 is 0 Å². The molecule has 86 valence electrons. The summed E-state index contributed by atoms with van der Waals surface area (Å²) in [5, 5.41) is 9.26. The molecule has 0 heterocycles. The van der Waals surface area contributed by atoms with Crippen LogP contribution in [0.25, 0.3) is 0 Å². The molecule has 0 aromatic heterocycles. The van der Waals surface area contributed by atoms with Crippen molar-refractivity contribution >= 4 is 5.97 Å². The molecule has 0 radical (unpaired) electrons. The van der Waals surface area contributed by atoms with Crippen molar-refractivity contribution in [3.63, 3.8) is 0 Å². The highest BCUT2D eigenvalue weighted by Gasteiger charge is 2.49. The molecular formula is C13H22O2. The SMILES string of the molecule is CC1(C)CCC2(CCCC2C(=O)O)CC1. The van der Waals surface area contributed by atoms with E-state index in [0.29, 0.717) is 5.41 Å². The Balaban J connectivity index is 2.11. The maximum Gasteiger partial charge on any atom is 0.307 e. The summed E-state index contributed by atoms with van der Waals surface area (Å²) in [6.45, 7) is 4.62. The molecule has 1 atom stereocenters. The summed E-state index contributed by atoms with van der Waals surface area (Å²) in [6.07, 6.45) is 7.87. The third kappa shape index (κ3) is 1.91. The Bertz CT molecular complexity index is 258. The van der Waals surface area contributed by atoms with Gasteiger partial charge in [0.15, 0.2) is 0 Å². The molecule has 0 aromatic rings. The van der Waals surface area contributed by atoms with E-state index in [1.807, 2.05) is 0 Å². The van der Waals surface area contributed by atoms with Crippen LogP contribution in [0.15, 0.2) is 0 Å². The predicted octanol–water partition coefficient (Wildman–Crippen LogP) is 3.46. The standard InChI is InChI=1S/C13H22O2/c1-12(2)6-8-13(9-7-12)5-3-4-10(13)11(14)15/h10H,3-9H2,1-2H3,(H,14,15). The molecule has 2 aliphatic carbocycles. The molecule has 0 bridgehead atoms. The molecule has 1 unspecified atom stereocenters. The average molecular weight is 210 g/mol. The van der Waals surface area contributed by atoms with E-state index in [2.05, 4.69) is 13.8 Å². The molecular weight excluding hydrogens is 188 g/mol. The molecule has 2 fully saturated rings. The van der Waals surface area contributed by atoms with Crippen LogP contribution in [0.1, 0.15) is 58.8 Å². The van der Waals surface area contributed by atoms with E-state index < -0.39 is 5.97 Å². The Kier molecular flexibility index (Phi) is 2.56. The molecule has 2 nitrogen and oxygen atoms in total. The van der Waals surface area contributed by atoms with Crippen LogP contribution in [-0.2, 0) is 4.79 Å². The van der Waals surface area contributed by atoms with E-state index in [9.17, 15) is 9.90 Å². The van der Waals surface area contributed by atoms with Crippen molar-refractivity contribution in [1.82, 2.24) is 0 Å². The highest BCUT2D eigenvalue weighted by Crippen LogP contribution is 2.56. The Morgan fingerprint density at radius 1 is 1.13 bits per heavy atom. The molecule has 2 heteroatoms. The van der Waals surface area contributed by atoms with Crippen LogP contribution in [0, 0.1) is 16.7 Å². The molecule has 0 aromatic carbocycles. The van der Waals surface area contributed by atoms with Crippen molar-refractivity contribution in [2.24, 2.45) is 16.7 Å². The van der Waals surface area contributed by atoms with Crippen LogP contribution in [-0.4, -0.2) is 11.1 Å². The molecule has 0 amide bonds. The smallest absolute Gasteiger partial charge is 0.307 e. The summed E-state index contributed by atoms with van der Waals surface area (Å²) in [5.41, 5.74) is 0.609. The van der Waals surface area contributed by atoms with Gasteiger partial charge in [0.05, 0.1) is 5.92 Å². The van der Waals surface area contributed by atoms with Gasteiger partial charge in [0.2, 0.25) is 0 Å². The van der Waals surface area contributed by atoms with Gasteiger partial charge in [-0.2, -0.15) is 0 Å². The topological polar surface area (TPSA) is 37.3 Å². The third-order valence-corrected chi connectivity index (χ3v) is 4.80. The quantitative estimate of drug-likeness (QED) is 0.719. The number of carboxylic acids is 1. The van der Waals surface area contributed by atoms with Crippen molar-refractivity contribution in [3.05, 3.63) is 0 Å². The van der Waals surface area contributed by atoms with Crippen molar-refractivity contribution in [1.29, 1.82) is 0 Å². The lowest BCUT2D eigenvalue weighted by Gasteiger charge is -2.43. The van der Waals surface area contributed by atoms with Gasteiger partial charge in [0.1, 0.15) is 0 Å². The molecule has 0 aliphatic heterocycles. The first-order valence-corrected chi connectivity index (χ1v) is 6.18. The Morgan fingerprint density at radius 2 is 1.73 bits per heavy atom. The van der Waals surface area contributed by atoms with Crippen molar-refractivity contribution in [2.45, 2.75) is 58.8 Å². The molecule has 1 N–H and O–H groups in total. The van der Waals surface area contributed by atoms with Gasteiger partial charge in [0, 0.05) is 0 Å². The van der Waals surface area contributed by atoms with Gasteiger partial charge >= 0.3 is 5.97 Å². The molecule has 2 rings (SSSR count). The number of hydrogen-bond donors (Lipinski definition) is 1.